The summed E-state index contributed by atoms with van der Waals surface area (Å²) in [6.45, 7) is 8.02. The summed E-state index contributed by atoms with van der Waals surface area (Å²) in [6.07, 6.45) is -0.245. The minimum absolute atomic E-state index is 0.245. The summed E-state index contributed by atoms with van der Waals surface area (Å²) in [4.78, 5) is 0. The minimum atomic E-state index is -0.245. The first kappa shape index (κ1) is 9.22. The molecule has 2 nitrogen and oxygen atoms in total. The lowest BCUT2D eigenvalue weighted by Gasteiger charge is -2.15. The second-order valence-electron chi connectivity index (χ2n) is 4.55. The highest BCUT2D eigenvalue weighted by Crippen LogP contribution is 2.44. The first-order chi connectivity index (χ1) is 6.13. The van der Waals surface area contributed by atoms with Crippen LogP contribution < -0.4 is 0 Å². The van der Waals surface area contributed by atoms with E-state index in [0.717, 1.165) is 13.2 Å². The van der Waals surface area contributed by atoms with Crippen LogP contribution in [-0.4, -0.2) is 24.4 Å². The Morgan fingerprint density at radius 1 is 1.38 bits per heavy atom. The lowest BCUT2D eigenvalue weighted by molar-refractivity contribution is 0.119. The number of hydrogen-bond acceptors (Lipinski definition) is 2. The van der Waals surface area contributed by atoms with Crippen molar-refractivity contribution in [1.82, 2.24) is 0 Å². The normalized spacial score (nSPS) is 39.0. The van der Waals surface area contributed by atoms with Crippen molar-refractivity contribution in [2.75, 3.05) is 13.2 Å². The molecule has 2 rings (SSSR count). The molecule has 13 heavy (non-hydrogen) atoms. The number of fused-ring (bicyclic) bond motifs is 1. The van der Waals surface area contributed by atoms with Crippen LogP contribution in [0.1, 0.15) is 20.8 Å². The zero-order valence-electron chi connectivity index (χ0n) is 8.58. The highest BCUT2D eigenvalue weighted by atomic mass is 16.5. The highest BCUT2D eigenvalue weighted by Gasteiger charge is 2.44. The molecule has 1 heterocycles. The molecule has 0 unspecified atom stereocenters. The fourth-order valence-electron chi connectivity index (χ4n) is 2.87. The molecule has 2 heteroatoms. The topological polar surface area (TPSA) is 29.5 Å². The Bertz CT molecular complexity index is 242. The molecule has 3 atom stereocenters. The van der Waals surface area contributed by atoms with E-state index in [9.17, 15) is 5.11 Å². The summed E-state index contributed by atoms with van der Waals surface area (Å²) < 4.78 is 5.42. The van der Waals surface area contributed by atoms with E-state index >= 15 is 0 Å². The van der Waals surface area contributed by atoms with Crippen molar-refractivity contribution in [1.29, 1.82) is 0 Å². The Hall–Kier alpha value is -0.340. The van der Waals surface area contributed by atoms with E-state index in [1.807, 2.05) is 0 Å². The van der Waals surface area contributed by atoms with Gasteiger partial charge in [0.1, 0.15) is 0 Å². The molecule has 0 saturated carbocycles. The van der Waals surface area contributed by atoms with Gasteiger partial charge in [0.2, 0.25) is 0 Å². The van der Waals surface area contributed by atoms with Crippen molar-refractivity contribution < 1.29 is 9.84 Å². The van der Waals surface area contributed by atoms with E-state index in [1.165, 1.54) is 11.1 Å². The van der Waals surface area contributed by atoms with Crippen molar-refractivity contribution in [3.8, 4) is 0 Å². The van der Waals surface area contributed by atoms with Crippen LogP contribution in [0.5, 0.6) is 0 Å². The lowest BCUT2D eigenvalue weighted by Crippen LogP contribution is -2.20. The maximum Gasteiger partial charge on any atom is 0.0807 e. The van der Waals surface area contributed by atoms with Crippen LogP contribution in [0, 0.1) is 17.8 Å². The molecule has 0 bridgehead atoms. The number of aliphatic hydroxyl groups excluding tert-OH is 1. The van der Waals surface area contributed by atoms with Gasteiger partial charge in [0.25, 0.3) is 0 Å². The van der Waals surface area contributed by atoms with Gasteiger partial charge in [-0.1, -0.05) is 19.4 Å². The van der Waals surface area contributed by atoms with Gasteiger partial charge in [0.15, 0.2) is 0 Å². The van der Waals surface area contributed by atoms with E-state index < -0.39 is 0 Å². The zero-order valence-corrected chi connectivity index (χ0v) is 8.58. The maximum absolute atomic E-state index is 9.95. The van der Waals surface area contributed by atoms with E-state index in [0.29, 0.717) is 17.8 Å². The van der Waals surface area contributed by atoms with Crippen LogP contribution >= 0.6 is 0 Å². The van der Waals surface area contributed by atoms with Crippen LogP contribution in [-0.2, 0) is 4.74 Å². The van der Waals surface area contributed by atoms with Crippen molar-refractivity contribution in [3.63, 3.8) is 0 Å². The molecule has 0 spiro atoms. The molecule has 0 radical (unpaired) electrons. The summed E-state index contributed by atoms with van der Waals surface area (Å²) in [5.41, 5.74) is 2.64. The number of hydrogen-bond donors (Lipinski definition) is 1. The quantitative estimate of drug-likeness (QED) is 0.624. The number of rotatable bonds is 1. The van der Waals surface area contributed by atoms with Gasteiger partial charge in [0.05, 0.1) is 19.3 Å². The Morgan fingerprint density at radius 2 is 2.08 bits per heavy atom. The van der Waals surface area contributed by atoms with Gasteiger partial charge in [-0.05, 0) is 18.4 Å². The third-order valence-corrected chi connectivity index (χ3v) is 3.45. The molecule has 74 valence electrons. The fourth-order valence-corrected chi connectivity index (χ4v) is 2.87. The molecule has 1 aliphatic carbocycles. The summed E-state index contributed by atoms with van der Waals surface area (Å²) in [5, 5.41) is 9.95. The smallest absolute Gasteiger partial charge is 0.0807 e. The SMILES string of the molecule is CC1=C(C(C)C)[C@H]2COC[C@H]2[C@H]1O. The van der Waals surface area contributed by atoms with Crippen LogP contribution in [0.4, 0.5) is 0 Å². The standard InChI is InChI=1S/C11H18O2/c1-6(2)10-7(3)11(12)9-5-13-4-8(9)10/h6,8-9,11-12H,4-5H2,1-3H3/t8-,9+,11-/m0/s1. The second-order valence-corrected chi connectivity index (χ2v) is 4.55. The van der Waals surface area contributed by atoms with Gasteiger partial charge < -0.3 is 9.84 Å². The molecule has 0 amide bonds. The average Bonchev–Trinajstić information content (AvgIpc) is 2.57. The van der Waals surface area contributed by atoms with E-state index in [4.69, 9.17) is 4.74 Å². The molecular formula is C11H18O2. The van der Waals surface area contributed by atoms with Crippen molar-refractivity contribution in [3.05, 3.63) is 11.1 Å². The highest BCUT2D eigenvalue weighted by molar-refractivity contribution is 5.30. The van der Waals surface area contributed by atoms with Crippen molar-refractivity contribution >= 4 is 0 Å². The predicted molar refractivity (Wildman–Crippen MR) is 51.3 cm³/mol. The van der Waals surface area contributed by atoms with Crippen molar-refractivity contribution in [2.45, 2.75) is 26.9 Å². The first-order valence-corrected chi connectivity index (χ1v) is 5.09. The third-order valence-electron chi connectivity index (χ3n) is 3.45. The van der Waals surface area contributed by atoms with Crippen LogP contribution in [0.3, 0.4) is 0 Å². The summed E-state index contributed by atoms with van der Waals surface area (Å²) in [7, 11) is 0. The molecule has 0 aromatic heterocycles. The van der Waals surface area contributed by atoms with Crippen LogP contribution in [0.2, 0.25) is 0 Å². The van der Waals surface area contributed by atoms with Gasteiger partial charge in [-0.25, -0.2) is 0 Å². The van der Waals surface area contributed by atoms with Gasteiger partial charge in [-0.15, -0.1) is 0 Å². The summed E-state index contributed by atoms with van der Waals surface area (Å²) in [5.74, 6) is 1.39. The Kier molecular flexibility index (Phi) is 2.20. The molecular weight excluding hydrogens is 164 g/mol. The Labute approximate surface area is 79.6 Å². The zero-order chi connectivity index (χ0) is 9.59. The fraction of sp³-hybridized carbons (Fsp3) is 0.818. The Balaban J connectivity index is 2.31. The second kappa shape index (κ2) is 3.10. The first-order valence-electron chi connectivity index (χ1n) is 5.09. The lowest BCUT2D eigenvalue weighted by atomic mass is 9.88. The minimum Gasteiger partial charge on any atom is -0.388 e. The molecule has 1 fully saturated rings. The molecule has 1 N–H and O–H groups in total. The van der Waals surface area contributed by atoms with Crippen LogP contribution in [0.25, 0.3) is 0 Å². The average molecular weight is 182 g/mol. The monoisotopic (exact) mass is 182 g/mol. The molecule has 0 aromatic rings. The molecule has 2 aliphatic rings. The number of ether oxygens (including phenoxy) is 1. The third kappa shape index (κ3) is 1.24. The molecule has 1 saturated heterocycles. The number of aliphatic hydroxyl groups is 1. The largest absolute Gasteiger partial charge is 0.388 e. The summed E-state index contributed by atoms with van der Waals surface area (Å²) >= 11 is 0. The maximum atomic E-state index is 9.95. The van der Waals surface area contributed by atoms with Gasteiger partial charge >= 0.3 is 0 Å². The van der Waals surface area contributed by atoms with Crippen LogP contribution in [0.15, 0.2) is 11.1 Å². The predicted octanol–water partition coefficient (Wildman–Crippen LogP) is 1.60. The van der Waals surface area contributed by atoms with E-state index in [2.05, 4.69) is 20.8 Å². The molecule has 1 aliphatic heterocycles. The van der Waals surface area contributed by atoms with Gasteiger partial charge in [0, 0.05) is 11.8 Å². The van der Waals surface area contributed by atoms with Crippen molar-refractivity contribution in [2.24, 2.45) is 17.8 Å². The molecule has 0 aromatic carbocycles. The van der Waals surface area contributed by atoms with E-state index in [-0.39, 0.29) is 6.10 Å². The Morgan fingerprint density at radius 3 is 2.69 bits per heavy atom. The van der Waals surface area contributed by atoms with Gasteiger partial charge in [-0.2, -0.15) is 0 Å². The summed E-state index contributed by atoms with van der Waals surface area (Å²) in [6, 6.07) is 0. The van der Waals surface area contributed by atoms with E-state index in [1.54, 1.807) is 0 Å². The van der Waals surface area contributed by atoms with Gasteiger partial charge in [-0.3, -0.25) is 0 Å².